The highest BCUT2D eigenvalue weighted by molar-refractivity contribution is 8.00. The van der Waals surface area contributed by atoms with Crippen LogP contribution >= 0.6 is 11.8 Å². The number of halogens is 1. The summed E-state index contributed by atoms with van der Waals surface area (Å²) in [6, 6.07) is 20.5. The summed E-state index contributed by atoms with van der Waals surface area (Å²) < 4.78 is 16.8. The van der Waals surface area contributed by atoms with Gasteiger partial charge < -0.3 is 5.32 Å². The molecule has 1 atom stereocenters. The average Bonchev–Trinajstić information content (AvgIpc) is 3.23. The molecule has 0 saturated carbocycles. The van der Waals surface area contributed by atoms with E-state index in [1.807, 2.05) is 49.4 Å². The molecule has 1 unspecified atom stereocenters. The molecule has 34 heavy (non-hydrogen) atoms. The number of nitrogens with one attached hydrogen (secondary N) is 1. The molecule has 5 rings (SSSR count). The van der Waals surface area contributed by atoms with Crippen LogP contribution in [0.3, 0.4) is 0 Å². The molecule has 0 radical (unpaired) electrons. The molecule has 9 heteroatoms. The third kappa shape index (κ3) is 3.84. The van der Waals surface area contributed by atoms with Crippen molar-refractivity contribution in [1.82, 2.24) is 19.2 Å². The molecule has 2 aromatic heterocycles. The van der Waals surface area contributed by atoms with Gasteiger partial charge in [-0.1, -0.05) is 48.2 Å². The van der Waals surface area contributed by atoms with Crippen LogP contribution in [0.4, 0.5) is 10.1 Å². The fraction of sp³-hybridized carbons (Fsp3) is 0.120. The fourth-order valence-corrected chi connectivity index (χ4v) is 4.66. The average molecular weight is 474 g/mol. The van der Waals surface area contributed by atoms with E-state index in [4.69, 9.17) is 0 Å². The van der Waals surface area contributed by atoms with E-state index in [0.717, 1.165) is 5.56 Å². The van der Waals surface area contributed by atoms with Crippen LogP contribution in [-0.2, 0) is 4.79 Å². The molecule has 0 bridgehead atoms. The molecule has 0 aliphatic carbocycles. The Morgan fingerprint density at radius 3 is 2.59 bits per heavy atom. The zero-order chi connectivity index (χ0) is 23.8. The quantitative estimate of drug-likeness (QED) is 0.377. The number of thioether (sulfide) groups is 1. The molecule has 0 fully saturated rings. The summed E-state index contributed by atoms with van der Waals surface area (Å²) in [5.74, 6) is -0.371. The van der Waals surface area contributed by atoms with Gasteiger partial charge in [-0.05, 0) is 55.8 Å². The molecular formula is C25H20FN5O2S. The fourth-order valence-electron chi connectivity index (χ4n) is 3.81. The number of rotatable bonds is 5. The normalized spacial score (nSPS) is 12.2. The third-order valence-corrected chi connectivity index (χ3v) is 6.54. The topological polar surface area (TPSA) is 81.3 Å². The molecule has 170 valence electrons. The van der Waals surface area contributed by atoms with Gasteiger partial charge in [-0.3, -0.25) is 14.0 Å². The summed E-state index contributed by atoms with van der Waals surface area (Å²) in [7, 11) is 0. The molecule has 0 saturated heterocycles. The van der Waals surface area contributed by atoms with Gasteiger partial charge in [0.2, 0.25) is 11.7 Å². The summed E-state index contributed by atoms with van der Waals surface area (Å²) >= 11 is 1.21. The van der Waals surface area contributed by atoms with Gasteiger partial charge >= 0.3 is 0 Å². The third-order valence-electron chi connectivity index (χ3n) is 5.49. The van der Waals surface area contributed by atoms with E-state index in [2.05, 4.69) is 15.5 Å². The second-order valence-electron chi connectivity index (χ2n) is 7.82. The summed E-state index contributed by atoms with van der Waals surface area (Å²) in [4.78, 5) is 26.2. The number of hydrogen-bond acceptors (Lipinski definition) is 5. The van der Waals surface area contributed by atoms with Crippen molar-refractivity contribution in [3.05, 3.63) is 94.5 Å². The Morgan fingerprint density at radius 2 is 1.79 bits per heavy atom. The number of aryl methyl sites for hydroxylation is 1. The molecule has 2 heterocycles. The van der Waals surface area contributed by atoms with Gasteiger partial charge in [0.05, 0.1) is 21.8 Å². The van der Waals surface area contributed by atoms with Crippen molar-refractivity contribution in [2.45, 2.75) is 24.3 Å². The van der Waals surface area contributed by atoms with E-state index in [1.165, 1.54) is 30.0 Å². The highest BCUT2D eigenvalue weighted by Crippen LogP contribution is 2.27. The van der Waals surface area contributed by atoms with Crippen LogP contribution in [0.5, 0.6) is 0 Å². The summed E-state index contributed by atoms with van der Waals surface area (Å²) in [6.45, 7) is 3.66. The first-order valence-corrected chi connectivity index (χ1v) is 11.5. The molecule has 0 aliphatic rings. The van der Waals surface area contributed by atoms with E-state index in [-0.39, 0.29) is 11.5 Å². The number of amides is 1. The van der Waals surface area contributed by atoms with Crippen LogP contribution in [0.1, 0.15) is 12.5 Å². The van der Waals surface area contributed by atoms with Gasteiger partial charge in [0.25, 0.3) is 5.56 Å². The Hall–Kier alpha value is -3.98. The lowest BCUT2D eigenvalue weighted by Crippen LogP contribution is -2.24. The zero-order valence-corrected chi connectivity index (χ0v) is 19.2. The van der Waals surface area contributed by atoms with Crippen LogP contribution in [0.2, 0.25) is 0 Å². The first kappa shape index (κ1) is 21.8. The minimum Gasteiger partial charge on any atom is -0.325 e. The van der Waals surface area contributed by atoms with Gasteiger partial charge in [0, 0.05) is 5.69 Å². The van der Waals surface area contributed by atoms with E-state index in [1.54, 1.807) is 28.0 Å². The Balaban J connectivity index is 1.60. The predicted molar refractivity (Wildman–Crippen MR) is 131 cm³/mol. The molecule has 7 nitrogen and oxygen atoms in total. The highest BCUT2D eigenvalue weighted by Gasteiger charge is 2.22. The number of para-hydroxylation sites is 2. The van der Waals surface area contributed by atoms with Gasteiger partial charge in [0.1, 0.15) is 5.82 Å². The summed E-state index contributed by atoms with van der Waals surface area (Å²) in [5.41, 5.74) is 2.46. The Labute approximate surface area is 198 Å². The van der Waals surface area contributed by atoms with Crippen molar-refractivity contribution in [3.63, 3.8) is 0 Å². The molecule has 0 spiro atoms. The summed E-state index contributed by atoms with van der Waals surface area (Å²) in [5, 5.41) is 11.8. The molecule has 1 N–H and O–H groups in total. The standard InChI is InChI=1S/C25H20FN5O2S/c1-15-8-3-5-12-20(15)30-23(33)19-11-4-6-13-21(19)31-24(30)28-29-25(31)34-16(2)22(32)27-18-10-7-9-17(26)14-18/h3-14,16H,1-2H3,(H,27,32). The second-order valence-corrected chi connectivity index (χ2v) is 9.13. The number of anilines is 1. The van der Waals surface area contributed by atoms with Crippen LogP contribution in [0.15, 0.2) is 82.7 Å². The van der Waals surface area contributed by atoms with Crippen LogP contribution in [0.25, 0.3) is 22.4 Å². The monoisotopic (exact) mass is 473 g/mol. The molecule has 1 amide bonds. The molecule has 5 aromatic rings. The van der Waals surface area contributed by atoms with Crippen molar-refractivity contribution in [1.29, 1.82) is 0 Å². The maximum Gasteiger partial charge on any atom is 0.267 e. The van der Waals surface area contributed by atoms with E-state index in [0.29, 0.717) is 33.2 Å². The van der Waals surface area contributed by atoms with Crippen molar-refractivity contribution >= 4 is 40.0 Å². The number of benzene rings is 3. The lowest BCUT2D eigenvalue weighted by molar-refractivity contribution is -0.115. The van der Waals surface area contributed by atoms with Gasteiger partial charge in [-0.25, -0.2) is 8.96 Å². The SMILES string of the molecule is Cc1ccccc1-n1c(=O)c2ccccc2n2c(SC(C)C(=O)Nc3cccc(F)c3)nnc12. The molecule has 0 aliphatic heterocycles. The minimum atomic E-state index is -0.562. The summed E-state index contributed by atoms with van der Waals surface area (Å²) in [6.07, 6.45) is 0. The first-order valence-electron chi connectivity index (χ1n) is 10.6. The van der Waals surface area contributed by atoms with Crippen LogP contribution in [-0.4, -0.2) is 30.3 Å². The van der Waals surface area contributed by atoms with Crippen molar-refractivity contribution in [3.8, 4) is 5.69 Å². The maximum atomic E-state index is 13.5. The number of aromatic nitrogens is 4. The zero-order valence-electron chi connectivity index (χ0n) is 18.4. The lowest BCUT2D eigenvalue weighted by atomic mass is 10.2. The van der Waals surface area contributed by atoms with Crippen LogP contribution in [0, 0.1) is 12.7 Å². The van der Waals surface area contributed by atoms with Gasteiger partial charge in [-0.2, -0.15) is 0 Å². The number of hydrogen-bond donors (Lipinski definition) is 1. The number of nitrogens with zero attached hydrogens (tertiary/aromatic N) is 4. The first-order chi connectivity index (χ1) is 16.4. The second kappa shape index (κ2) is 8.75. The van der Waals surface area contributed by atoms with Crippen molar-refractivity contribution in [2.24, 2.45) is 0 Å². The Morgan fingerprint density at radius 1 is 1.03 bits per heavy atom. The van der Waals surface area contributed by atoms with Gasteiger partial charge in [0.15, 0.2) is 5.16 Å². The minimum absolute atomic E-state index is 0.196. The number of carbonyl (C=O) groups is 1. The Bertz CT molecular complexity index is 1610. The molecular weight excluding hydrogens is 453 g/mol. The maximum absolute atomic E-state index is 13.5. The van der Waals surface area contributed by atoms with E-state index >= 15 is 0 Å². The Kier molecular flexibility index (Phi) is 5.62. The smallest absolute Gasteiger partial charge is 0.267 e. The number of carbonyl (C=O) groups excluding carboxylic acids is 1. The lowest BCUT2D eigenvalue weighted by Gasteiger charge is -2.14. The van der Waals surface area contributed by atoms with Gasteiger partial charge in [-0.15, -0.1) is 10.2 Å². The molecule has 3 aromatic carbocycles. The van der Waals surface area contributed by atoms with E-state index in [9.17, 15) is 14.0 Å². The van der Waals surface area contributed by atoms with Crippen molar-refractivity contribution < 1.29 is 9.18 Å². The predicted octanol–water partition coefficient (Wildman–Crippen LogP) is 4.60. The highest BCUT2D eigenvalue weighted by atomic mass is 32.2. The van der Waals surface area contributed by atoms with E-state index < -0.39 is 11.1 Å². The largest absolute Gasteiger partial charge is 0.325 e. The number of fused-ring (bicyclic) bond motifs is 3. The van der Waals surface area contributed by atoms with Crippen LogP contribution < -0.4 is 10.9 Å². The van der Waals surface area contributed by atoms with Crippen molar-refractivity contribution in [2.75, 3.05) is 5.32 Å².